The molecule has 0 heteroatoms. The minimum absolute atomic E-state index is 0.168. The summed E-state index contributed by atoms with van der Waals surface area (Å²) in [6, 6.07) is 34.6. The predicted octanol–water partition coefficient (Wildman–Crippen LogP) is 10.7. The summed E-state index contributed by atoms with van der Waals surface area (Å²) < 4.78 is 0. The number of aryl methyl sites for hydroxylation is 3. The molecule has 0 spiro atoms. The number of benzene rings is 4. The molecule has 4 aromatic rings. The number of hydrogen-bond acceptors (Lipinski definition) is 0. The van der Waals surface area contributed by atoms with Crippen LogP contribution in [0.5, 0.6) is 0 Å². The molecule has 0 aliphatic heterocycles. The molecular weight excluding hydrogens is 480 g/mol. The van der Waals surface area contributed by atoms with Gasteiger partial charge >= 0.3 is 0 Å². The molecule has 1 fully saturated rings. The molecule has 1 aliphatic carbocycles. The second kappa shape index (κ2) is 12.9. The average Bonchev–Trinajstić information content (AvgIpc) is 2.97. The highest BCUT2D eigenvalue weighted by molar-refractivity contribution is 5.46. The number of allylic oxidation sites excluding steroid dienone is 1. The first-order chi connectivity index (χ1) is 19.4. The third-order valence-electron chi connectivity index (χ3n) is 9.34. The van der Waals surface area contributed by atoms with Crippen LogP contribution in [0.15, 0.2) is 103 Å². The number of rotatable bonds is 9. The van der Waals surface area contributed by atoms with E-state index < -0.39 is 0 Å². The Morgan fingerprint density at radius 1 is 0.725 bits per heavy atom. The van der Waals surface area contributed by atoms with Gasteiger partial charge < -0.3 is 0 Å². The molecule has 0 aromatic heterocycles. The van der Waals surface area contributed by atoms with E-state index in [1.807, 2.05) is 0 Å². The molecule has 0 heterocycles. The van der Waals surface area contributed by atoms with Crippen molar-refractivity contribution in [2.24, 2.45) is 5.92 Å². The van der Waals surface area contributed by atoms with E-state index in [1.54, 1.807) is 0 Å². The summed E-state index contributed by atoms with van der Waals surface area (Å²) in [7, 11) is 0. The lowest BCUT2D eigenvalue weighted by atomic mass is 9.79. The van der Waals surface area contributed by atoms with E-state index in [2.05, 4.69) is 119 Å². The fourth-order valence-corrected chi connectivity index (χ4v) is 6.69. The standard InChI is InChI=1S/C40H46/c1-6-32-15-23-37(24-16-32)40(31(5)25-39-29(3)9-7-10-30(39)4)38-12-8-11-34(27-38)26-33-17-21-36(22-18-33)35-19-13-28(2)14-20-35/h7-12,15-18,21-24,27-28,35,40H,5-6,13-14,19-20,25-26H2,1-4H3. The zero-order valence-corrected chi connectivity index (χ0v) is 25.0. The molecule has 1 saturated carbocycles. The van der Waals surface area contributed by atoms with E-state index in [0.717, 1.165) is 31.1 Å². The lowest BCUT2D eigenvalue weighted by Crippen LogP contribution is -2.10. The fourth-order valence-electron chi connectivity index (χ4n) is 6.69. The van der Waals surface area contributed by atoms with Crippen LogP contribution >= 0.6 is 0 Å². The molecule has 0 bridgehead atoms. The first-order valence-corrected chi connectivity index (χ1v) is 15.4. The lowest BCUT2D eigenvalue weighted by molar-refractivity contribution is 0.348. The largest absolute Gasteiger partial charge is 0.0986 e. The Morgan fingerprint density at radius 2 is 1.35 bits per heavy atom. The molecule has 1 unspecified atom stereocenters. The molecule has 5 rings (SSSR count). The zero-order valence-electron chi connectivity index (χ0n) is 25.0. The zero-order chi connectivity index (χ0) is 28.1. The Morgan fingerprint density at radius 3 is 2.00 bits per heavy atom. The van der Waals surface area contributed by atoms with Crippen LogP contribution in [0.1, 0.15) is 101 Å². The van der Waals surface area contributed by atoms with E-state index in [4.69, 9.17) is 6.58 Å². The van der Waals surface area contributed by atoms with Gasteiger partial charge in [-0.15, -0.1) is 0 Å². The number of hydrogen-bond donors (Lipinski definition) is 0. The third-order valence-corrected chi connectivity index (χ3v) is 9.34. The fraction of sp³-hybridized carbons (Fsp3) is 0.350. The lowest BCUT2D eigenvalue weighted by Gasteiger charge is -2.26. The smallest absolute Gasteiger partial charge is 0.0299 e. The Balaban J connectivity index is 1.40. The molecule has 40 heavy (non-hydrogen) atoms. The highest BCUT2D eigenvalue weighted by atomic mass is 14.3. The van der Waals surface area contributed by atoms with Crippen molar-refractivity contribution in [3.8, 4) is 0 Å². The maximum Gasteiger partial charge on any atom is 0.0299 e. The van der Waals surface area contributed by atoms with Gasteiger partial charge in [-0.1, -0.05) is 130 Å². The molecule has 4 aromatic carbocycles. The second-order valence-corrected chi connectivity index (χ2v) is 12.4. The van der Waals surface area contributed by atoms with Gasteiger partial charge in [0.05, 0.1) is 0 Å². The molecule has 0 amide bonds. The Bertz CT molecular complexity index is 1390. The minimum Gasteiger partial charge on any atom is -0.0986 e. The van der Waals surface area contributed by atoms with E-state index >= 15 is 0 Å². The second-order valence-electron chi connectivity index (χ2n) is 12.4. The van der Waals surface area contributed by atoms with Crippen molar-refractivity contribution in [2.75, 3.05) is 0 Å². The normalized spacial score (nSPS) is 17.9. The highest BCUT2D eigenvalue weighted by Crippen LogP contribution is 2.37. The Labute approximate surface area is 243 Å². The maximum absolute atomic E-state index is 4.70. The van der Waals surface area contributed by atoms with Gasteiger partial charge in [0, 0.05) is 5.92 Å². The van der Waals surface area contributed by atoms with E-state index in [1.165, 1.54) is 81.3 Å². The third kappa shape index (κ3) is 6.67. The summed E-state index contributed by atoms with van der Waals surface area (Å²) in [5.41, 5.74) is 13.7. The Kier molecular flexibility index (Phi) is 9.05. The van der Waals surface area contributed by atoms with Crippen molar-refractivity contribution in [1.29, 1.82) is 0 Å². The molecule has 0 nitrogen and oxygen atoms in total. The Hall–Kier alpha value is -3.38. The van der Waals surface area contributed by atoms with Crippen molar-refractivity contribution in [1.82, 2.24) is 0 Å². The molecule has 1 aliphatic rings. The van der Waals surface area contributed by atoms with Crippen molar-refractivity contribution in [3.63, 3.8) is 0 Å². The summed E-state index contributed by atoms with van der Waals surface area (Å²) in [4.78, 5) is 0. The van der Waals surface area contributed by atoms with Crippen LogP contribution in [0.4, 0.5) is 0 Å². The highest BCUT2D eigenvalue weighted by Gasteiger charge is 2.21. The molecule has 0 radical (unpaired) electrons. The molecule has 206 valence electrons. The summed E-state index contributed by atoms with van der Waals surface area (Å²) in [5, 5.41) is 0. The predicted molar refractivity (Wildman–Crippen MR) is 172 cm³/mol. The molecule has 1 atom stereocenters. The van der Waals surface area contributed by atoms with Gasteiger partial charge in [0.1, 0.15) is 0 Å². The first-order valence-electron chi connectivity index (χ1n) is 15.4. The first kappa shape index (κ1) is 28.2. The molecular formula is C40H46. The van der Waals surface area contributed by atoms with Crippen LogP contribution in [0.3, 0.4) is 0 Å². The van der Waals surface area contributed by atoms with Gasteiger partial charge in [0.15, 0.2) is 0 Å². The van der Waals surface area contributed by atoms with Crippen molar-refractivity contribution in [3.05, 3.63) is 153 Å². The monoisotopic (exact) mass is 526 g/mol. The van der Waals surface area contributed by atoms with E-state index in [0.29, 0.717) is 0 Å². The summed E-state index contributed by atoms with van der Waals surface area (Å²) in [6.45, 7) is 13.8. The van der Waals surface area contributed by atoms with Gasteiger partial charge in [0.2, 0.25) is 0 Å². The van der Waals surface area contributed by atoms with Gasteiger partial charge in [-0.05, 0) is 108 Å². The van der Waals surface area contributed by atoms with Gasteiger partial charge in [-0.3, -0.25) is 0 Å². The van der Waals surface area contributed by atoms with Crippen molar-refractivity contribution in [2.45, 2.75) is 84.5 Å². The maximum atomic E-state index is 4.70. The van der Waals surface area contributed by atoms with Crippen LogP contribution in [0.2, 0.25) is 0 Å². The van der Waals surface area contributed by atoms with E-state index in [-0.39, 0.29) is 5.92 Å². The molecule has 0 N–H and O–H groups in total. The quantitative estimate of drug-likeness (QED) is 0.190. The molecule has 0 saturated heterocycles. The summed E-state index contributed by atoms with van der Waals surface area (Å²) >= 11 is 0. The van der Waals surface area contributed by atoms with Gasteiger partial charge in [0.25, 0.3) is 0 Å². The van der Waals surface area contributed by atoms with E-state index in [9.17, 15) is 0 Å². The van der Waals surface area contributed by atoms with Crippen LogP contribution in [0, 0.1) is 19.8 Å². The van der Waals surface area contributed by atoms with Crippen molar-refractivity contribution >= 4 is 0 Å². The average molecular weight is 527 g/mol. The van der Waals surface area contributed by atoms with Crippen LogP contribution in [-0.4, -0.2) is 0 Å². The van der Waals surface area contributed by atoms with Crippen LogP contribution in [-0.2, 0) is 19.3 Å². The van der Waals surface area contributed by atoms with Gasteiger partial charge in [-0.25, -0.2) is 0 Å². The summed E-state index contributed by atoms with van der Waals surface area (Å²) in [5.74, 6) is 1.81. The minimum atomic E-state index is 0.168. The van der Waals surface area contributed by atoms with Crippen LogP contribution < -0.4 is 0 Å². The topological polar surface area (TPSA) is 0 Å². The SMILES string of the molecule is C=C(Cc1c(C)cccc1C)C(c1ccc(CC)cc1)c1cccc(Cc2ccc(C3CCC(C)CC3)cc2)c1. The van der Waals surface area contributed by atoms with Gasteiger partial charge in [-0.2, -0.15) is 0 Å². The summed E-state index contributed by atoms with van der Waals surface area (Å²) in [6.07, 6.45) is 8.34. The van der Waals surface area contributed by atoms with Crippen LogP contribution in [0.25, 0.3) is 0 Å². The van der Waals surface area contributed by atoms with Crippen molar-refractivity contribution < 1.29 is 0 Å².